The van der Waals surface area contributed by atoms with E-state index in [1.54, 1.807) is 5.56 Å². The number of benzene rings is 3. The maximum absolute atomic E-state index is 2.42. The van der Waals surface area contributed by atoms with E-state index in [0.29, 0.717) is 0 Å². The van der Waals surface area contributed by atoms with Gasteiger partial charge < -0.3 is 0 Å². The van der Waals surface area contributed by atoms with Crippen molar-refractivity contribution in [2.24, 2.45) is 5.92 Å². The van der Waals surface area contributed by atoms with E-state index in [-0.39, 0.29) is 0 Å². The summed E-state index contributed by atoms with van der Waals surface area (Å²) in [6, 6.07) is 20.4. The molecule has 0 amide bonds. The summed E-state index contributed by atoms with van der Waals surface area (Å²) in [4.78, 5) is 0. The van der Waals surface area contributed by atoms with Crippen LogP contribution in [0.15, 0.2) is 54.6 Å². The Bertz CT molecular complexity index is 820. The molecule has 0 unspecified atom stereocenters. The van der Waals surface area contributed by atoms with Crippen LogP contribution in [0.25, 0.3) is 21.5 Å². The summed E-state index contributed by atoms with van der Waals surface area (Å²) in [7, 11) is 0. The van der Waals surface area contributed by atoms with Crippen molar-refractivity contribution in [2.75, 3.05) is 0 Å². The minimum atomic E-state index is 0.871. The second-order valence-electron chi connectivity index (χ2n) is 7.96. The first-order valence-electron chi connectivity index (χ1n) is 10.3. The SMILES string of the molecule is c1ccc2cc3c(CC4CCCCCCCCC4)cccc3cc2c1. The summed E-state index contributed by atoms with van der Waals surface area (Å²) in [5, 5.41) is 5.59. The number of hydrogen-bond acceptors (Lipinski definition) is 0. The van der Waals surface area contributed by atoms with E-state index in [0.717, 1.165) is 5.92 Å². The summed E-state index contributed by atoms with van der Waals surface area (Å²) < 4.78 is 0. The highest BCUT2D eigenvalue weighted by Crippen LogP contribution is 2.30. The van der Waals surface area contributed by atoms with Gasteiger partial charge in [-0.1, -0.05) is 100 Å². The molecule has 3 aromatic rings. The molecule has 0 bridgehead atoms. The van der Waals surface area contributed by atoms with Crippen LogP contribution in [0.2, 0.25) is 0 Å². The van der Waals surface area contributed by atoms with Gasteiger partial charge in [-0.25, -0.2) is 0 Å². The van der Waals surface area contributed by atoms with Crippen LogP contribution in [0.5, 0.6) is 0 Å². The van der Waals surface area contributed by atoms with Crippen LogP contribution in [0, 0.1) is 5.92 Å². The third-order valence-electron chi connectivity index (χ3n) is 6.07. The van der Waals surface area contributed by atoms with Crippen LogP contribution in [0.4, 0.5) is 0 Å². The molecule has 0 heteroatoms. The van der Waals surface area contributed by atoms with E-state index in [1.165, 1.54) is 85.8 Å². The molecular weight excluding hydrogens is 300 g/mol. The number of hydrogen-bond donors (Lipinski definition) is 0. The normalized spacial score (nSPS) is 17.8. The summed E-state index contributed by atoms with van der Waals surface area (Å²) in [6.07, 6.45) is 14.2. The van der Waals surface area contributed by atoms with Crippen molar-refractivity contribution in [3.8, 4) is 0 Å². The highest BCUT2D eigenvalue weighted by Gasteiger charge is 2.13. The largest absolute Gasteiger partial charge is 0.0616 e. The third-order valence-corrected chi connectivity index (χ3v) is 6.07. The average molecular weight is 331 g/mol. The van der Waals surface area contributed by atoms with Gasteiger partial charge in [0.2, 0.25) is 0 Å². The highest BCUT2D eigenvalue weighted by atomic mass is 14.2. The maximum atomic E-state index is 2.42. The summed E-state index contributed by atoms with van der Waals surface area (Å²) in [6.45, 7) is 0. The van der Waals surface area contributed by atoms with Gasteiger partial charge in [-0.2, -0.15) is 0 Å². The van der Waals surface area contributed by atoms with Crippen molar-refractivity contribution in [3.05, 3.63) is 60.2 Å². The Hall–Kier alpha value is -1.82. The molecule has 3 aromatic carbocycles. The van der Waals surface area contributed by atoms with Gasteiger partial charge in [0, 0.05) is 0 Å². The van der Waals surface area contributed by atoms with Crippen LogP contribution < -0.4 is 0 Å². The van der Waals surface area contributed by atoms with Crippen LogP contribution in [-0.2, 0) is 6.42 Å². The van der Waals surface area contributed by atoms with Gasteiger partial charge in [0.15, 0.2) is 0 Å². The maximum Gasteiger partial charge on any atom is -0.0145 e. The zero-order valence-electron chi connectivity index (χ0n) is 15.3. The van der Waals surface area contributed by atoms with Crippen molar-refractivity contribution in [3.63, 3.8) is 0 Å². The Morgan fingerprint density at radius 2 is 1.20 bits per heavy atom. The number of rotatable bonds is 2. The first-order valence-corrected chi connectivity index (χ1v) is 10.3. The first kappa shape index (κ1) is 16.6. The molecule has 0 atom stereocenters. The third kappa shape index (κ3) is 4.06. The minimum Gasteiger partial charge on any atom is -0.0616 e. The lowest BCUT2D eigenvalue weighted by Crippen LogP contribution is -2.06. The molecule has 0 heterocycles. The molecule has 1 aliphatic rings. The molecule has 0 nitrogen and oxygen atoms in total. The van der Waals surface area contributed by atoms with Crippen LogP contribution >= 0.6 is 0 Å². The Morgan fingerprint density at radius 3 is 1.92 bits per heavy atom. The Labute approximate surface area is 152 Å². The van der Waals surface area contributed by atoms with Gasteiger partial charge in [0.1, 0.15) is 0 Å². The molecule has 0 spiro atoms. The van der Waals surface area contributed by atoms with Gasteiger partial charge >= 0.3 is 0 Å². The summed E-state index contributed by atoms with van der Waals surface area (Å²) >= 11 is 0. The fourth-order valence-corrected chi connectivity index (χ4v) is 4.62. The highest BCUT2D eigenvalue weighted by molar-refractivity contribution is 5.99. The molecular formula is C25H30. The van der Waals surface area contributed by atoms with E-state index in [2.05, 4.69) is 54.6 Å². The number of fused-ring (bicyclic) bond motifs is 2. The predicted molar refractivity (Wildman–Crippen MR) is 110 cm³/mol. The topological polar surface area (TPSA) is 0 Å². The average Bonchev–Trinajstić information content (AvgIpc) is 2.65. The molecule has 4 rings (SSSR count). The quantitative estimate of drug-likeness (QED) is 0.423. The molecule has 0 aliphatic heterocycles. The van der Waals surface area contributed by atoms with Crippen molar-refractivity contribution < 1.29 is 0 Å². The predicted octanol–water partition coefficient (Wildman–Crippen LogP) is 7.68. The van der Waals surface area contributed by atoms with E-state index in [1.807, 2.05) is 0 Å². The zero-order valence-corrected chi connectivity index (χ0v) is 15.3. The van der Waals surface area contributed by atoms with E-state index in [9.17, 15) is 0 Å². The van der Waals surface area contributed by atoms with Crippen LogP contribution in [0.3, 0.4) is 0 Å². The lowest BCUT2D eigenvalue weighted by molar-refractivity contribution is 0.387. The first-order chi connectivity index (χ1) is 12.4. The Morgan fingerprint density at radius 1 is 0.600 bits per heavy atom. The molecule has 0 N–H and O–H groups in total. The van der Waals surface area contributed by atoms with Crippen molar-refractivity contribution >= 4 is 21.5 Å². The Kier molecular flexibility index (Phi) is 5.35. The van der Waals surface area contributed by atoms with Crippen LogP contribution in [-0.4, -0.2) is 0 Å². The van der Waals surface area contributed by atoms with Gasteiger partial charge in [-0.3, -0.25) is 0 Å². The fraction of sp³-hybridized carbons (Fsp3) is 0.440. The molecule has 0 saturated heterocycles. The van der Waals surface area contributed by atoms with Crippen LogP contribution in [0.1, 0.15) is 63.4 Å². The van der Waals surface area contributed by atoms with Crippen molar-refractivity contribution in [1.82, 2.24) is 0 Å². The molecule has 0 aromatic heterocycles. The molecule has 1 saturated carbocycles. The standard InChI is InChI=1S/C25H30/c1-2-4-6-11-20(12-7-5-3-1)17-23-15-10-16-24-18-21-13-8-9-14-22(21)19-25(23)24/h8-10,13-16,18-20H,1-7,11-12,17H2. The lowest BCUT2D eigenvalue weighted by atomic mass is 9.86. The van der Waals surface area contributed by atoms with E-state index >= 15 is 0 Å². The molecule has 1 aliphatic carbocycles. The van der Waals surface area contributed by atoms with Gasteiger partial charge in [-0.15, -0.1) is 0 Å². The van der Waals surface area contributed by atoms with Crippen molar-refractivity contribution in [1.29, 1.82) is 0 Å². The zero-order chi connectivity index (χ0) is 16.9. The Balaban J connectivity index is 1.62. The molecule has 25 heavy (non-hydrogen) atoms. The van der Waals surface area contributed by atoms with E-state index in [4.69, 9.17) is 0 Å². The fourth-order valence-electron chi connectivity index (χ4n) is 4.62. The summed E-state index contributed by atoms with van der Waals surface area (Å²) in [5.41, 5.74) is 1.56. The van der Waals surface area contributed by atoms with Crippen molar-refractivity contribution in [2.45, 2.75) is 64.2 Å². The molecule has 130 valence electrons. The summed E-state index contributed by atoms with van der Waals surface area (Å²) in [5.74, 6) is 0.871. The van der Waals surface area contributed by atoms with Gasteiger partial charge in [0.25, 0.3) is 0 Å². The second-order valence-corrected chi connectivity index (χ2v) is 7.96. The van der Waals surface area contributed by atoms with E-state index < -0.39 is 0 Å². The molecule has 0 radical (unpaired) electrons. The lowest BCUT2D eigenvalue weighted by Gasteiger charge is -2.20. The van der Waals surface area contributed by atoms with Gasteiger partial charge in [0.05, 0.1) is 0 Å². The smallest absolute Gasteiger partial charge is 0.0145 e. The molecule has 1 fully saturated rings. The second kappa shape index (κ2) is 8.04. The minimum absolute atomic E-state index is 0.871. The monoisotopic (exact) mass is 330 g/mol. The van der Waals surface area contributed by atoms with Gasteiger partial charge in [-0.05, 0) is 51.6 Å².